The van der Waals surface area contributed by atoms with Crippen molar-refractivity contribution in [3.63, 3.8) is 0 Å². The number of methoxy groups -OCH3 is 1. The summed E-state index contributed by atoms with van der Waals surface area (Å²) in [6.45, 7) is 6.43. The molecule has 0 aliphatic heterocycles. The van der Waals surface area contributed by atoms with E-state index in [1.807, 2.05) is 39.0 Å². The number of imide groups is 1. The van der Waals surface area contributed by atoms with Crippen LogP contribution in [-0.4, -0.2) is 32.1 Å². The number of amides is 3. The van der Waals surface area contributed by atoms with Crippen molar-refractivity contribution >= 4 is 17.6 Å². The molecule has 0 spiro atoms. The summed E-state index contributed by atoms with van der Waals surface area (Å²) >= 11 is 0. The normalized spacial score (nSPS) is 10.1. The molecule has 116 valence electrons. The van der Waals surface area contributed by atoms with Crippen LogP contribution < -0.4 is 20.7 Å². The Kier molecular flexibility index (Phi) is 6.52. The smallest absolute Gasteiger partial charge is 0.321 e. The van der Waals surface area contributed by atoms with Crippen molar-refractivity contribution in [1.82, 2.24) is 10.6 Å². The fourth-order valence-electron chi connectivity index (χ4n) is 1.65. The van der Waals surface area contributed by atoms with Crippen LogP contribution in [0.15, 0.2) is 18.2 Å². The molecular formula is C15H23N3O3. The molecule has 1 rings (SSSR count). The lowest BCUT2D eigenvalue weighted by atomic mass is 10.2. The highest BCUT2D eigenvalue weighted by atomic mass is 16.5. The van der Waals surface area contributed by atoms with E-state index in [0.717, 1.165) is 11.3 Å². The van der Waals surface area contributed by atoms with E-state index in [-0.39, 0.29) is 6.54 Å². The highest BCUT2D eigenvalue weighted by Gasteiger charge is 2.09. The van der Waals surface area contributed by atoms with Crippen molar-refractivity contribution in [3.8, 4) is 5.75 Å². The van der Waals surface area contributed by atoms with Crippen molar-refractivity contribution in [3.05, 3.63) is 23.8 Å². The summed E-state index contributed by atoms with van der Waals surface area (Å²) in [7, 11) is 1.56. The number of carbonyl (C=O) groups is 2. The molecule has 21 heavy (non-hydrogen) atoms. The lowest BCUT2D eigenvalue weighted by Gasteiger charge is -2.12. The Morgan fingerprint density at radius 3 is 2.62 bits per heavy atom. The molecule has 0 heterocycles. The largest absolute Gasteiger partial charge is 0.495 e. The van der Waals surface area contributed by atoms with Crippen molar-refractivity contribution in [2.24, 2.45) is 5.92 Å². The van der Waals surface area contributed by atoms with Crippen LogP contribution in [0.4, 0.5) is 10.5 Å². The molecule has 3 amide bonds. The number of benzene rings is 1. The number of urea groups is 1. The summed E-state index contributed by atoms with van der Waals surface area (Å²) < 4.78 is 5.21. The van der Waals surface area contributed by atoms with Gasteiger partial charge in [0.1, 0.15) is 5.75 Å². The van der Waals surface area contributed by atoms with Gasteiger partial charge in [-0.05, 0) is 30.5 Å². The maximum Gasteiger partial charge on any atom is 0.321 e. The van der Waals surface area contributed by atoms with Gasteiger partial charge in [0, 0.05) is 6.54 Å². The topological polar surface area (TPSA) is 79.5 Å². The number of carbonyl (C=O) groups excluding carboxylic acids is 2. The van der Waals surface area contributed by atoms with E-state index in [1.165, 1.54) is 0 Å². The van der Waals surface area contributed by atoms with E-state index in [1.54, 1.807) is 7.11 Å². The predicted octanol–water partition coefficient (Wildman–Crippen LogP) is 1.90. The first kappa shape index (κ1) is 16.8. The number of hydrogen-bond donors (Lipinski definition) is 3. The van der Waals surface area contributed by atoms with E-state index in [2.05, 4.69) is 16.0 Å². The van der Waals surface area contributed by atoms with Gasteiger partial charge in [-0.3, -0.25) is 10.1 Å². The summed E-state index contributed by atoms with van der Waals surface area (Å²) in [5, 5.41) is 7.84. The van der Waals surface area contributed by atoms with Crippen LogP contribution in [-0.2, 0) is 4.79 Å². The van der Waals surface area contributed by atoms with Crippen molar-refractivity contribution in [1.29, 1.82) is 0 Å². The van der Waals surface area contributed by atoms with Crippen LogP contribution in [0.25, 0.3) is 0 Å². The van der Waals surface area contributed by atoms with Crippen LogP contribution in [0, 0.1) is 12.8 Å². The minimum atomic E-state index is -0.480. The first-order valence-corrected chi connectivity index (χ1v) is 6.88. The van der Waals surface area contributed by atoms with Crippen LogP contribution >= 0.6 is 0 Å². The second-order valence-corrected chi connectivity index (χ2v) is 5.21. The predicted molar refractivity (Wildman–Crippen MR) is 82.6 cm³/mol. The third-order valence-electron chi connectivity index (χ3n) is 2.72. The van der Waals surface area contributed by atoms with Crippen molar-refractivity contribution < 1.29 is 14.3 Å². The van der Waals surface area contributed by atoms with Gasteiger partial charge in [0.05, 0.1) is 19.3 Å². The number of nitrogens with one attached hydrogen (secondary N) is 3. The third-order valence-corrected chi connectivity index (χ3v) is 2.72. The Labute approximate surface area is 125 Å². The molecule has 0 aliphatic rings. The summed E-state index contributed by atoms with van der Waals surface area (Å²) in [5.41, 5.74) is 1.77. The fourth-order valence-corrected chi connectivity index (χ4v) is 1.65. The van der Waals surface area contributed by atoms with E-state index in [4.69, 9.17) is 4.74 Å². The molecule has 0 aromatic heterocycles. The zero-order chi connectivity index (χ0) is 15.8. The summed E-state index contributed by atoms with van der Waals surface area (Å²) in [4.78, 5) is 23.1. The number of aryl methyl sites for hydroxylation is 1. The van der Waals surface area contributed by atoms with Crippen LogP contribution in [0.2, 0.25) is 0 Å². The molecule has 0 unspecified atom stereocenters. The Morgan fingerprint density at radius 2 is 2.00 bits per heavy atom. The lowest BCUT2D eigenvalue weighted by Crippen LogP contribution is -2.43. The standard InChI is InChI=1S/C15H23N3O3/c1-10(2)8-17-15(20)18-14(19)9-16-12-7-11(3)5-6-13(12)21-4/h5-7,10,16H,8-9H2,1-4H3,(H2,17,18,19,20). The molecule has 0 bridgehead atoms. The third kappa shape index (κ3) is 6.16. The van der Waals surface area contributed by atoms with Gasteiger partial charge in [0.25, 0.3) is 0 Å². The minimum Gasteiger partial charge on any atom is -0.495 e. The molecule has 0 aliphatic carbocycles. The first-order chi connectivity index (χ1) is 9.92. The SMILES string of the molecule is COc1ccc(C)cc1NCC(=O)NC(=O)NCC(C)C. The maximum absolute atomic E-state index is 11.7. The molecule has 0 fully saturated rings. The molecule has 1 aromatic carbocycles. The molecule has 6 nitrogen and oxygen atoms in total. The quantitative estimate of drug-likeness (QED) is 0.748. The molecule has 0 saturated heterocycles. The van der Waals surface area contributed by atoms with Crippen molar-refractivity contribution in [2.75, 3.05) is 25.5 Å². The van der Waals surface area contributed by atoms with Crippen LogP contribution in [0.3, 0.4) is 0 Å². The molecular weight excluding hydrogens is 270 g/mol. The van der Waals surface area contributed by atoms with Gasteiger partial charge in [-0.25, -0.2) is 4.79 Å². The van der Waals surface area contributed by atoms with E-state index in [9.17, 15) is 9.59 Å². The Morgan fingerprint density at radius 1 is 1.29 bits per heavy atom. The van der Waals surface area contributed by atoms with Crippen molar-refractivity contribution in [2.45, 2.75) is 20.8 Å². The number of hydrogen-bond acceptors (Lipinski definition) is 4. The monoisotopic (exact) mass is 293 g/mol. The van der Waals surface area contributed by atoms with Crippen LogP contribution in [0.5, 0.6) is 5.75 Å². The fraction of sp³-hybridized carbons (Fsp3) is 0.467. The summed E-state index contributed by atoms with van der Waals surface area (Å²) in [6, 6.07) is 5.14. The van der Waals surface area contributed by atoms with E-state index in [0.29, 0.717) is 18.2 Å². The average molecular weight is 293 g/mol. The second-order valence-electron chi connectivity index (χ2n) is 5.21. The summed E-state index contributed by atoms with van der Waals surface area (Å²) in [6.07, 6.45) is 0. The molecule has 0 saturated carbocycles. The molecule has 6 heteroatoms. The van der Waals surface area contributed by atoms with Gasteiger partial charge in [0.15, 0.2) is 0 Å². The van der Waals surface area contributed by atoms with Crippen LogP contribution in [0.1, 0.15) is 19.4 Å². The maximum atomic E-state index is 11.7. The molecule has 0 radical (unpaired) electrons. The first-order valence-electron chi connectivity index (χ1n) is 6.88. The highest BCUT2D eigenvalue weighted by molar-refractivity contribution is 5.96. The Bertz CT molecular complexity index is 501. The second kappa shape index (κ2) is 8.14. The van der Waals surface area contributed by atoms with Gasteiger partial charge < -0.3 is 15.4 Å². The van der Waals surface area contributed by atoms with E-state index >= 15 is 0 Å². The number of anilines is 1. The lowest BCUT2D eigenvalue weighted by molar-refractivity contribution is -0.118. The number of rotatable bonds is 6. The molecule has 1 aromatic rings. The molecule has 0 atom stereocenters. The van der Waals surface area contributed by atoms with E-state index < -0.39 is 11.9 Å². The van der Waals surface area contributed by atoms with Gasteiger partial charge in [-0.2, -0.15) is 0 Å². The zero-order valence-electron chi connectivity index (χ0n) is 12.9. The average Bonchev–Trinajstić information content (AvgIpc) is 2.43. The highest BCUT2D eigenvalue weighted by Crippen LogP contribution is 2.24. The van der Waals surface area contributed by atoms with Gasteiger partial charge in [0.2, 0.25) is 5.91 Å². The minimum absolute atomic E-state index is 0.00505. The van der Waals surface area contributed by atoms with Gasteiger partial charge in [-0.1, -0.05) is 19.9 Å². The Balaban J connectivity index is 2.46. The molecule has 3 N–H and O–H groups in total. The van der Waals surface area contributed by atoms with Gasteiger partial charge in [-0.15, -0.1) is 0 Å². The number of ether oxygens (including phenoxy) is 1. The summed E-state index contributed by atoms with van der Waals surface area (Å²) in [5.74, 6) is 0.581. The zero-order valence-corrected chi connectivity index (χ0v) is 12.9. The Hall–Kier alpha value is -2.24. The van der Waals surface area contributed by atoms with Gasteiger partial charge >= 0.3 is 6.03 Å².